The van der Waals surface area contributed by atoms with Crippen LogP contribution in [0.3, 0.4) is 0 Å². The van der Waals surface area contributed by atoms with Crippen molar-refractivity contribution in [1.82, 2.24) is 15.1 Å². The molecule has 17 heavy (non-hydrogen) atoms. The Morgan fingerprint density at radius 1 is 1.00 bits per heavy atom. The second kappa shape index (κ2) is 5.68. The van der Waals surface area contributed by atoms with Crippen molar-refractivity contribution in [3.63, 3.8) is 0 Å². The van der Waals surface area contributed by atoms with E-state index in [0.717, 1.165) is 12.1 Å². The zero-order valence-corrected chi connectivity index (χ0v) is 11.0. The van der Waals surface area contributed by atoms with Gasteiger partial charge in [0.1, 0.15) is 0 Å². The highest BCUT2D eigenvalue weighted by Gasteiger charge is 2.29. The van der Waals surface area contributed by atoms with E-state index < -0.39 is 0 Å². The third-order valence-corrected chi connectivity index (χ3v) is 4.86. The van der Waals surface area contributed by atoms with Gasteiger partial charge in [-0.05, 0) is 71.2 Å². The third-order valence-electron chi connectivity index (χ3n) is 4.86. The van der Waals surface area contributed by atoms with Crippen molar-refractivity contribution in [3.05, 3.63) is 0 Å². The molecule has 0 amide bonds. The van der Waals surface area contributed by atoms with Gasteiger partial charge in [-0.1, -0.05) is 0 Å². The summed E-state index contributed by atoms with van der Waals surface area (Å²) >= 11 is 0. The molecule has 0 aliphatic carbocycles. The predicted octanol–water partition coefficient (Wildman–Crippen LogP) is 1.30. The second-order valence-corrected chi connectivity index (χ2v) is 6.07. The van der Waals surface area contributed by atoms with E-state index in [1.807, 2.05) is 0 Å². The van der Waals surface area contributed by atoms with Crippen LogP contribution in [0.25, 0.3) is 0 Å². The van der Waals surface area contributed by atoms with Crippen LogP contribution in [0.2, 0.25) is 0 Å². The first-order valence-electron chi connectivity index (χ1n) is 7.61. The molecule has 0 spiro atoms. The van der Waals surface area contributed by atoms with Gasteiger partial charge in [-0.3, -0.25) is 4.90 Å². The summed E-state index contributed by atoms with van der Waals surface area (Å²) in [5, 5.41) is 3.61. The number of rotatable bonds is 4. The number of nitrogens with one attached hydrogen (secondary N) is 1. The van der Waals surface area contributed by atoms with Crippen molar-refractivity contribution in [2.45, 2.75) is 50.6 Å². The second-order valence-electron chi connectivity index (χ2n) is 6.07. The molecule has 0 aromatic heterocycles. The third kappa shape index (κ3) is 3.01. The Bertz CT molecular complexity index is 232. The Hall–Kier alpha value is -0.120. The summed E-state index contributed by atoms with van der Waals surface area (Å²) in [4.78, 5) is 5.43. The van der Waals surface area contributed by atoms with Crippen LogP contribution in [-0.2, 0) is 0 Å². The molecule has 0 aromatic rings. The first kappa shape index (κ1) is 11.9. The SMILES string of the molecule is C1CNC(CCN2CCC(N3CCCC3)C2)C1. The van der Waals surface area contributed by atoms with Gasteiger partial charge in [0.05, 0.1) is 0 Å². The minimum atomic E-state index is 0.820. The van der Waals surface area contributed by atoms with Gasteiger partial charge in [0.2, 0.25) is 0 Å². The van der Waals surface area contributed by atoms with Crippen LogP contribution in [0.5, 0.6) is 0 Å². The van der Waals surface area contributed by atoms with E-state index in [-0.39, 0.29) is 0 Å². The Labute approximate surface area is 106 Å². The van der Waals surface area contributed by atoms with Crippen LogP contribution in [0.4, 0.5) is 0 Å². The van der Waals surface area contributed by atoms with Gasteiger partial charge in [0.25, 0.3) is 0 Å². The van der Waals surface area contributed by atoms with Crippen molar-refractivity contribution in [2.24, 2.45) is 0 Å². The number of hydrogen-bond donors (Lipinski definition) is 1. The van der Waals surface area contributed by atoms with E-state index in [1.54, 1.807) is 0 Å². The first-order valence-corrected chi connectivity index (χ1v) is 7.61. The molecule has 0 aromatic carbocycles. The van der Waals surface area contributed by atoms with Gasteiger partial charge in [-0.15, -0.1) is 0 Å². The van der Waals surface area contributed by atoms with Gasteiger partial charge >= 0.3 is 0 Å². The highest BCUT2D eigenvalue weighted by Crippen LogP contribution is 2.21. The lowest BCUT2D eigenvalue weighted by Gasteiger charge is -2.24. The maximum Gasteiger partial charge on any atom is 0.0235 e. The molecule has 3 rings (SSSR count). The average molecular weight is 237 g/mol. The van der Waals surface area contributed by atoms with Crippen molar-refractivity contribution in [2.75, 3.05) is 39.3 Å². The zero-order valence-electron chi connectivity index (χ0n) is 11.0. The number of nitrogens with zero attached hydrogens (tertiary/aromatic N) is 2. The lowest BCUT2D eigenvalue weighted by molar-refractivity contribution is 0.229. The van der Waals surface area contributed by atoms with Crippen LogP contribution in [0.1, 0.15) is 38.5 Å². The number of hydrogen-bond acceptors (Lipinski definition) is 3. The van der Waals surface area contributed by atoms with Gasteiger partial charge in [-0.2, -0.15) is 0 Å². The Morgan fingerprint density at radius 2 is 1.88 bits per heavy atom. The van der Waals surface area contributed by atoms with Gasteiger partial charge in [-0.25, -0.2) is 0 Å². The van der Waals surface area contributed by atoms with Crippen molar-refractivity contribution < 1.29 is 0 Å². The number of likely N-dealkylation sites (tertiary alicyclic amines) is 2. The van der Waals surface area contributed by atoms with Gasteiger partial charge in [0, 0.05) is 18.6 Å². The maximum absolute atomic E-state index is 3.61. The van der Waals surface area contributed by atoms with Crippen molar-refractivity contribution in [3.8, 4) is 0 Å². The zero-order chi connectivity index (χ0) is 11.5. The molecule has 1 N–H and O–H groups in total. The standard InChI is InChI=1S/C14H27N3/c1-2-9-17(8-1)14-6-11-16(12-14)10-5-13-4-3-7-15-13/h13-15H,1-12H2. The molecule has 3 aliphatic rings. The van der Waals surface area contributed by atoms with E-state index >= 15 is 0 Å². The summed E-state index contributed by atoms with van der Waals surface area (Å²) in [7, 11) is 0. The molecule has 3 heterocycles. The lowest BCUT2D eigenvalue weighted by atomic mass is 10.1. The minimum absolute atomic E-state index is 0.820. The Kier molecular flexibility index (Phi) is 3.99. The molecule has 3 aliphatic heterocycles. The molecule has 3 fully saturated rings. The molecule has 3 heteroatoms. The summed E-state index contributed by atoms with van der Waals surface area (Å²) in [6, 6.07) is 1.70. The molecule has 2 atom stereocenters. The van der Waals surface area contributed by atoms with Crippen molar-refractivity contribution >= 4 is 0 Å². The van der Waals surface area contributed by atoms with Crippen molar-refractivity contribution in [1.29, 1.82) is 0 Å². The molecule has 0 radical (unpaired) electrons. The van der Waals surface area contributed by atoms with E-state index in [1.165, 1.54) is 77.8 Å². The fourth-order valence-electron chi connectivity index (χ4n) is 3.76. The first-order chi connectivity index (χ1) is 8.42. The van der Waals surface area contributed by atoms with E-state index in [2.05, 4.69) is 15.1 Å². The summed E-state index contributed by atoms with van der Waals surface area (Å²) in [5.74, 6) is 0. The van der Waals surface area contributed by atoms with E-state index in [4.69, 9.17) is 0 Å². The molecular formula is C14H27N3. The lowest BCUT2D eigenvalue weighted by Crippen LogP contribution is -2.36. The Morgan fingerprint density at radius 3 is 2.65 bits per heavy atom. The summed E-state index contributed by atoms with van der Waals surface area (Å²) in [6.45, 7) is 7.98. The van der Waals surface area contributed by atoms with Crippen LogP contribution < -0.4 is 5.32 Å². The summed E-state index contributed by atoms with van der Waals surface area (Å²) in [6.07, 6.45) is 8.44. The largest absolute Gasteiger partial charge is 0.314 e. The summed E-state index contributed by atoms with van der Waals surface area (Å²) < 4.78 is 0. The smallest absolute Gasteiger partial charge is 0.0235 e. The molecule has 0 saturated carbocycles. The highest BCUT2D eigenvalue weighted by molar-refractivity contribution is 4.86. The monoisotopic (exact) mass is 237 g/mol. The van der Waals surface area contributed by atoms with Crippen LogP contribution in [0.15, 0.2) is 0 Å². The topological polar surface area (TPSA) is 18.5 Å². The fraction of sp³-hybridized carbons (Fsp3) is 1.00. The molecule has 2 unspecified atom stereocenters. The van der Waals surface area contributed by atoms with Crippen LogP contribution in [-0.4, -0.2) is 61.2 Å². The van der Waals surface area contributed by atoms with E-state index in [0.29, 0.717) is 0 Å². The molecular weight excluding hydrogens is 210 g/mol. The van der Waals surface area contributed by atoms with E-state index in [9.17, 15) is 0 Å². The fourth-order valence-corrected chi connectivity index (χ4v) is 3.76. The molecule has 3 saturated heterocycles. The van der Waals surface area contributed by atoms with Crippen LogP contribution in [0, 0.1) is 0 Å². The normalized spacial score (nSPS) is 36.0. The maximum atomic E-state index is 3.61. The molecule has 98 valence electrons. The minimum Gasteiger partial charge on any atom is -0.314 e. The van der Waals surface area contributed by atoms with Crippen LogP contribution >= 0.6 is 0 Å². The molecule has 3 nitrogen and oxygen atoms in total. The summed E-state index contributed by atoms with van der Waals surface area (Å²) in [5.41, 5.74) is 0. The van der Waals surface area contributed by atoms with Gasteiger partial charge in [0.15, 0.2) is 0 Å². The molecule has 0 bridgehead atoms. The quantitative estimate of drug-likeness (QED) is 0.795. The predicted molar refractivity (Wildman–Crippen MR) is 71.3 cm³/mol. The Balaban J connectivity index is 1.38. The average Bonchev–Trinajstić information content (AvgIpc) is 3.09. The highest BCUT2D eigenvalue weighted by atomic mass is 15.3. The van der Waals surface area contributed by atoms with Gasteiger partial charge < -0.3 is 10.2 Å².